The Balaban J connectivity index is 1.97. The van der Waals surface area contributed by atoms with Crippen molar-refractivity contribution in [3.8, 4) is 0 Å². The van der Waals surface area contributed by atoms with Gasteiger partial charge in [0.05, 0.1) is 13.2 Å². The lowest BCUT2D eigenvalue weighted by molar-refractivity contribution is -0.211. The summed E-state index contributed by atoms with van der Waals surface area (Å²) >= 11 is 0. The van der Waals surface area contributed by atoms with E-state index in [1.807, 2.05) is 30.3 Å². The molecule has 1 fully saturated rings. The summed E-state index contributed by atoms with van der Waals surface area (Å²) < 4.78 is 10.7. The average Bonchev–Trinajstić information content (AvgIpc) is 2.30. The molecule has 2 rings (SSSR count). The van der Waals surface area contributed by atoms with Gasteiger partial charge >= 0.3 is 5.97 Å². The standard InChI is InChI=1S/C11H12O4/c12-10(13)9-6-14-11(15-7-9)8-4-2-1-3-5-8/h1-5,9,11H,6-7H2,(H,12,13)/t9-,11-. The van der Waals surface area contributed by atoms with Crippen molar-refractivity contribution >= 4 is 5.97 Å². The van der Waals surface area contributed by atoms with Gasteiger partial charge in [0.1, 0.15) is 5.92 Å². The Bertz CT molecular complexity index is 328. The third-order valence-electron chi connectivity index (χ3n) is 2.32. The summed E-state index contributed by atoms with van der Waals surface area (Å²) in [6, 6.07) is 9.49. The van der Waals surface area contributed by atoms with Gasteiger partial charge in [-0.15, -0.1) is 0 Å². The molecule has 1 aromatic rings. The molecule has 0 radical (unpaired) electrons. The highest BCUT2D eigenvalue weighted by Crippen LogP contribution is 2.24. The zero-order valence-electron chi connectivity index (χ0n) is 8.13. The smallest absolute Gasteiger partial charge is 0.311 e. The van der Waals surface area contributed by atoms with E-state index in [4.69, 9.17) is 14.6 Å². The second kappa shape index (κ2) is 4.42. The highest BCUT2D eigenvalue weighted by molar-refractivity contribution is 5.70. The first-order chi connectivity index (χ1) is 7.27. The van der Waals surface area contributed by atoms with Crippen molar-refractivity contribution in [2.75, 3.05) is 13.2 Å². The fourth-order valence-corrected chi connectivity index (χ4v) is 1.45. The highest BCUT2D eigenvalue weighted by atomic mass is 16.7. The van der Waals surface area contributed by atoms with Crippen molar-refractivity contribution in [3.63, 3.8) is 0 Å². The van der Waals surface area contributed by atoms with E-state index in [0.29, 0.717) is 0 Å². The zero-order chi connectivity index (χ0) is 10.7. The first-order valence-corrected chi connectivity index (χ1v) is 4.78. The van der Waals surface area contributed by atoms with Crippen LogP contribution >= 0.6 is 0 Å². The van der Waals surface area contributed by atoms with Gasteiger partial charge in [-0.3, -0.25) is 4.79 Å². The average molecular weight is 208 g/mol. The molecule has 4 nitrogen and oxygen atoms in total. The maximum Gasteiger partial charge on any atom is 0.311 e. The van der Waals surface area contributed by atoms with Gasteiger partial charge in [0.15, 0.2) is 6.29 Å². The Morgan fingerprint density at radius 1 is 1.20 bits per heavy atom. The molecule has 0 bridgehead atoms. The van der Waals surface area contributed by atoms with Crippen molar-refractivity contribution in [2.24, 2.45) is 5.92 Å². The summed E-state index contributed by atoms with van der Waals surface area (Å²) in [6.45, 7) is 0.407. The van der Waals surface area contributed by atoms with Crippen LogP contribution in [0.15, 0.2) is 30.3 Å². The summed E-state index contributed by atoms with van der Waals surface area (Å²) in [6.07, 6.45) is -0.429. The van der Waals surface area contributed by atoms with E-state index in [2.05, 4.69) is 0 Å². The molecular formula is C11H12O4. The fourth-order valence-electron chi connectivity index (χ4n) is 1.45. The highest BCUT2D eigenvalue weighted by Gasteiger charge is 2.27. The third kappa shape index (κ3) is 2.34. The summed E-state index contributed by atoms with van der Waals surface area (Å²) in [5.41, 5.74) is 0.918. The van der Waals surface area contributed by atoms with Crippen LogP contribution in [-0.2, 0) is 14.3 Å². The molecule has 0 aromatic heterocycles. The minimum Gasteiger partial charge on any atom is -0.481 e. The van der Waals surface area contributed by atoms with Gasteiger partial charge in [0.2, 0.25) is 0 Å². The van der Waals surface area contributed by atoms with Crippen LogP contribution in [0.5, 0.6) is 0 Å². The second-order valence-electron chi connectivity index (χ2n) is 3.44. The van der Waals surface area contributed by atoms with E-state index in [0.717, 1.165) is 5.56 Å². The van der Waals surface area contributed by atoms with Crippen LogP contribution in [0.1, 0.15) is 11.9 Å². The zero-order valence-corrected chi connectivity index (χ0v) is 8.13. The van der Waals surface area contributed by atoms with Gasteiger partial charge in [0.25, 0.3) is 0 Å². The number of carboxylic acids is 1. The van der Waals surface area contributed by atoms with E-state index in [-0.39, 0.29) is 13.2 Å². The minimum absolute atomic E-state index is 0.203. The van der Waals surface area contributed by atoms with E-state index in [1.54, 1.807) is 0 Å². The maximum absolute atomic E-state index is 10.6. The number of ether oxygens (including phenoxy) is 2. The molecule has 0 unspecified atom stereocenters. The lowest BCUT2D eigenvalue weighted by Crippen LogP contribution is -2.32. The van der Waals surface area contributed by atoms with E-state index >= 15 is 0 Å². The molecule has 1 aliphatic heterocycles. The van der Waals surface area contributed by atoms with Gasteiger partial charge in [-0.2, -0.15) is 0 Å². The summed E-state index contributed by atoms with van der Waals surface area (Å²) in [5.74, 6) is -1.42. The second-order valence-corrected chi connectivity index (χ2v) is 3.44. The predicted molar refractivity (Wildman–Crippen MR) is 52.2 cm³/mol. The maximum atomic E-state index is 10.6. The molecule has 0 atom stereocenters. The lowest BCUT2D eigenvalue weighted by Gasteiger charge is -2.27. The molecule has 0 saturated carbocycles. The van der Waals surface area contributed by atoms with Crippen molar-refractivity contribution in [1.82, 2.24) is 0 Å². The molecule has 1 aromatic carbocycles. The Labute approximate surface area is 87.4 Å². The Morgan fingerprint density at radius 3 is 2.33 bits per heavy atom. The third-order valence-corrected chi connectivity index (χ3v) is 2.32. The molecule has 80 valence electrons. The van der Waals surface area contributed by atoms with Gasteiger partial charge in [0, 0.05) is 5.56 Å². The molecular weight excluding hydrogens is 196 g/mol. The number of hydrogen-bond acceptors (Lipinski definition) is 3. The molecule has 15 heavy (non-hydrogen) atoms. The van der Waals surface area contributed by atoms with Crippen LogP contribution in [0.4, 0.5) is 0 Å². The minimum atomic E-state index is -0.874. The summed E-state index contributed by atoms with van der Waals surface area (Å²) in [5, 5.41) is 8.74. The quantitative estimate of drug-likeness (QED) is 0.798. The number of benzene rings is 1. The number of aliphatic carboxylic acids is 1. The summed E-state index contributed by atoms with van der Waals surface area (Å²) in [4.78, 5) is 10.6. The topological polar surface area (TPSA) is 55.8 Å². The molecule has 4 heteroatoms. The molecule has 0 amide bonds. The monoisotopic (exact) mass is 208 g/mol. The lowest BCUT2D eigenvalue weighted by atomic mass is 10.1. The van der Waals surface area contributed by atoms with Gasteiger partial charge in [-0.25, -0.2) is 0 Å². The Hall–Kier alpha value is -1.39. The van der Waals surface area contributed by atoms with Crippen molar-refractivity contribution in [2.45, 2.75) is 6.29 Å². The molecule has 1 N–H and O–H groups in total. The molecule has 1 heterocycles. The number of hydrogen-bond donors (Lipinski definition) is 1. The van der Waals surface area contributed by atoms with Crippen LogP contribution in [0, 0.1) is 5.92 Å². The van der Waals surface area contributed by atoms with Crippen molar-refractivity contribution in [1.29, 1.82) is 0 Å². The Kier molecular flexibility index (Phi) is 2.99. The molecule has 0 spiro atoms. The predicted octanol–water partition coefficient (Wildman–Crippen LogP) is 1.43. The van der Waals surface area contributed by atoms with Crippen LogP contribution in [0.2, 0.25) is 0 Å². The van der Waals surface area contributed by atoms with E-state index < -0.39 is 18.2 Å². The number of carbonyl (C=O) groups is 1. The van der Waals surface area contributed by atoms with Gasteiger partial charge < -0.3 is 14.6 Å². The summed E-state index contributed by atoms with van der Waals surface area (Å²) in [7, 11) is 0. The van der Waals surface area contributed by atoms with E-state index in [1.165, 1.54) is 0 Å². The van der Waals surface area contributed by atoms with Crippen molar-refractivity contribution < 1.29 is 19.4 Å². The SMILES string of the molecule is O=C(O)[C@H]1CO[C@H](c2ccccc2)OC1. The number of rotatable bonds is 2. The van der Waals surface area contributed by atoms with Crippen molar-refractivity contribution in [3.05, 3.63) is 35.9 Å². The molecule has 1 aliphatic rings. The van der Waals surface area contributed by atoms with Gasteiger partial charge in [-0.05, 0) is 0 Å². The van der Waals surface area contributed by atoms with E-state index in [9.17, 15) is 4.79 Å². The van der Waals surface area contributed by atoms with Crippen LogP contribution in [0.3, 0.4) is 0 Å². The first kappa shape index (κ1) is 10.1. The normalized spacial score (nSPS) is 26.1. The largest absolute Gasteiger partial charge is 0.481 e. The van der Waals surface area contributed by atoms with Crippen LogP contribution in [-0.4, -0.2) is 24.3 Å². The first-order valence-electron chi connectivity index (χ1n) is 4.78. The van der Waals surface area contributed by atoms with Crippen LogP contribution < -0.4 is 0 Å². The van der Waals surface area contributed by atoms with Gasteiger partial charge in [-0.1, -0.05) is 30.3 Å². The Morgan fingerprint density at radius 2 is 1.80 bits per heavy atom. The van der Waals surface area contributed by atoms with Crippen LogP contribution in [0.25, 0.3) is 0 Å². The molecule has 1 saturated heterocycles. The fraction of sp³-hybridized carbons (Fsp3) is 0.364. The molecule has 0 aliphatic carbocycles. The number of carboxylic acid groups (broad SMARTS) is 1.